The van der Waals surface area contributed by atoms with Gasteiger partial charge in [-0.25, -0.2) is 18.5 Å². The van der Waals surface area contributed by atoms with Gasteiger partial charge in [0.25, 0.3) is 0 Å². The molecule has 2 N–H and O–H groups in total. The van der Waals surface area contributed by atoms with Crippen LogP contribution in [0.2, 0.25) is 5.02 Å². The zero-order valence-corrected chi connectivity index (χ0v) is 13.7. The Labute approximate surface area is 138 Å². The van der Waals surface area contributed by atoms with Gasteiger partial charge < -0.3 is 4.42 Å². The first-order valence-corrected chi connectivity index (χ1v) is 8.64. The number of sulfonamides is 1. The van der Waals surface area contributed by atoms with E-state index in [0.29, 0.717) is 27.9 Å². The first kappa shape index (κ1) is 15.7. The minimum Gasteiger partial charge on any atom is -0.440 e. The van der Waals surface area contributed by atoms with Crippen LogP contribution in [-0.4, -0.2) is 13.4 Å². The topological polar surface area (TPSA) is 86.2 Å². The van der Waals surface area contributed by atoms with Crippen LogP contribution in [0.1, 0.15) is 5.89 Å². The lowest BCUT2D eigenvalue weighted by Gasteiger charge is -2.07. The van der Waals surface area contributed by atoms with Crippen molar-refractivity contribution >= 4 is 21.6 Å². The summed E-state index contributed by atoms with van der Waals surface area (Å²) >= 11 is 5.90. The first-order chi connectivity index (χ1) is 10.9. The lowest BCUT2D eigenvalue weighted by Crippen LogP contribution is -2.13. The number of aromatic nitrogens is 1. The predicted octanol–water partition coefficient (Wildman–Crippen LogP) is 3.62. The highest BCUT2D eigenvalue weighted by Crippen LogP contribution is 2.35. The van der Waals surface area contributed by atoms with E-state index in [9.17, 15) is 8.42 Å². The second-order valence-corrected chi connectivity index (χ2v) is 6.92. The summed E-state index contributed by atoms with van der Waals surface area (Å²) in [5, 5.41) is 5.90. The Morgan fingerprint density at radius 2 is 1.74 bits per heavy atom. The predicted molar refractivity (Wildman–Crippen MR) is 88.5 cm³/mol. The molecular formula is C16H13ClN2O3S. The van der Waals surface area contributed by atoms with Gasteiger partial charge in [0.15, 0.2) is 11.7 Å². The summed E-state index contributed by atoms with van der Waals surface area (Å²) in [5.41, 5.74) is 1.57. The minimum atomic E-state index is -3.88. The van der Waals surface area contributed by atoms with Gasteiger partial charge in [-0.2, -0.15) is 0 Å². The van der Waals surface area contributed by atoms with Crippen LogP contribution in [0, 0.1) is 6.92 Å². The Morgan fingerprint density at radius 3 is 2.39 bits per heavy atom. The molecule has 3 aromatic rings. The van der Waals surface area contributed by atoms with Crippen molar-refractivity contribution in [3.05, 3.63) is 59.4 Å². The van der Waals surface area contributed by atoms with Crippen molar-refractivity contribution in [2.75, 3.05) is 0 Å². The van der Waals surface area contributed by atoms with Crippen LogP contribution in [-0.2, 0) is 10.0 Å². The van der Waals surface area contributed by atoms with Crippen LogP contribution in [0.3, 0.4) is 0 Å². The molecule has 0 atom stereocenters. The molecule has 0 radical (unpaired) electrons. The number of nitrogens with two attached hydrogens (primary N) is 1. The lowest BCUT2D eigenvalue weighted by atomic mass is 10.1. The average molecular weight is 349 g/mol. The van der Waals surface area contributed by atoms with E-state index in [1.54, 1.807) is 49.4 Å². The number of aryl methyl sites for hydroxylation is 1. The molecule has 0 bridgehead atoms. The van der Waals surface area contributed by atoms with E-state index in [-0.39, 0.29) is 4.90 Å². The Bertz CT molecular complexity index is 963. The van der Waals surface area contributed by atoms with Gasteiger partial charge in [0, 0.05) is 23.1 Å². The van der Waals surface area contributed by atoms with Crippen molar-refractivity contribution in [1.82, 2.24) is 4.98 Å². The van der Waals surface area contributed by atoms with Crippen molar-refractivity contribution in [3.63, 3.8) is 0 Å². The molecule has 0 saturated heterocycles. The third kappa shape index (κ3) is 3.14. The largest absolute Gasteiger partial charge is 0.440 e. The van der Waals surface area contributed by atoms with E-state index in [4.69, 9.17) is 21.2 Å². The zero-order valence-electron chi connectivity index (χ0n) is 12.2. The van der Waals surface area contributed by atoms with Gasteiger partial charge >= 0.3 is 0 Å². The number of primary sulfonamides is 1. The minimum absolute atomic E-state index is 0.00325. The van der Waals surface area contributed by atoms with E-state index in [1.807, 2.05) is 0 Å². The van der Waals surface area contributed by atoms with Gasteiger partial charge in [-0.3, -0.25) is 0 Å². The fourth-order valence-corrected chi connectivity index (χ4v) is 3.18. The zero-order chi connectivity index (χ0) is 16.6. The average Bonchev–Trinajstić information content (AvgIpc) is 2.89. The van der Waals surface area contributed by atoms with E-state index in [1.165, 1.54) is 6.07 Å². The highest BCUT2D eigenvalue weighted by Gasteiger charge is 2.21. The molecule has 0 amide bonds. The molecule has 0 fully saturated rings. The molecule has 1 aromatic heterocycles. The van der Waals surface area contributed by atoms with Crippen LogP contribution >= 0.6 is 11.6 Å². The standard InChI is InChI=1S/C16H13ClN2O3S/c1-10-19-15(13-4-2-3-5-14(13)23(18,20)21)16(22-10)11-6-8-12(17)9-7-11/h2-9H,1H3,(H2,18,20,21). The molecular weight excluding hydrogens is 336 g/mol. The summed E-state index contributed by atoms with van der Waals surface area (Å²) in [6, 6.07) is 13.4. The molecule has 23 heavy (non-hydrogen) atoms. The van der Waals surface area contributed by atoms with Gasteiger partial charge in [0.1, 0.15) is 5.69 Å². The molecule has 3 rings (SSSR count). The van der Waals surface area contributed by atoms with Gasteiger partial charge in [-0.15, -0.1) is 0 Å². The van der Waals surface area contributed by atoms with Gasteiger partial charge in [0.05, 0.1) is 4.90 Å². The fourth-order valence-electron chi connectivity index (χ4n) is 2.32. The second kappa shape index (κ2) is 5.81. The number of halogens is 1. The molecule has 1 heterocycles. The summed E-state index contributed by atoms with van der Waals surface area (Å²) in [5.74, 6) is 0.893. The Kier molecular flexibility index (Phi) is 3.97. The summed E-state index contributed by atoms with van der Waals surface area (Å²) in [4.78, 5) is 4.34. The van der Waals surface area contributed by atoms with Gasteiger partial charge in [-0.1, -0.05) is 29.8 Å². The summed E-state index contributed by atoms with van der Waals surface area (Å²) in [6.07, 6.45) is 0. The van der Waals surface area contributed by atoms with Crippen molar-refractivity contribution in [3.8, 4) is 22.6 Å². The summed E-state index contributed by atoms with van der Waals surface area (Å²) in [6.45, 7) is 1.70. The smallest absolute Gasteiger partial charge is 0.238 e. The number of hydrogen-bond acceptors (Lipinski definition) is 4. The maximum absolute atomic E-state index is 11.8. The highest BCUT2D eigenvalue weighted by molar-refractivity contribution is 7.89. The fraction of sp³-hybridized carbons (Fsp3) is 0.0625. The normalized spacial score (nSPS) is 11.6. The van der Waals surface area contributed by atoms with Gasteiger partial charge in [-0.05, 0) is 30.3 Å². The third-order valence-corrected chi connectivity index (χ3v) is 4.51. The van der Waals surface area contributed by atoms with E-state index in [2.05, 4.69) is 4.98 Å². The van der Waals surface area contributed by atoms with Crippen LogP contribution in [0.25, 0.3) is 22.6 Å². The van der Waals surface area contributed by atoms with Crippen molar-refractivity contribution < 1.29 is 12.8 Å². The Morgan fingerprint density at radius 1 is 1.09 bits per heavy atom. The molecule has 0 spiro atoms. The van der Waals surface area contributed by atoms with Gasteiger partial charge in [0.2, 0.25) is 10.0 Å². The van der Waals surface area contributed by atoms with Crippen LogP contribution in [0.15, 0.2) is 57.8 Å². The monoisotopic (exact) mass is 348 g/mol. The number of hydrogen-bond donors (Lipinski definition) is 1. The van der Waals surface area contributed by atoms with E-state index >= 15 is 0 Å². The third-order valence-electron chi connectivity index (χ3n) is 3.29. The Balaban J connectivity index is 2.25. The van der Waals surface area contributed by atoms with Crippen LogP contribution < -0.4 is 5.14 Å². The lowest BCUT2D eigenvalue weighted by molar-refractivity contribution is 0.534. The summed E-state index contributed by atoms with van der Waals surface area (Å²) in [7, 11) is -3.88. The molecule has 0 saturated carbocycles. The molecule has 0 aliphatic carbocycles. The number of rotatable bonds is 3. The maximum Gasteiger partial charge on any atom is 0.238 e. The molecule has 0 aliphatic rings. The van der Waals surface area contributed by atoms with E-state index < -0.39 is 10.0 Å². The SMILES string of the molecule is Cc1nc(-c2ccccc2S(N)(=O)=O)c(-c2ccc(Cl)cc2)o1. The highest BCUT2D eigenvalue weighted by atomic mass is 35.5. The second-order valence-electron chi connectivity index (χ2n) is 4.96. The number of nitrogens with zero attached hydrogens (tertiary/aromatic N) is 1. The van der Waals surface area contributed by atoms with Crippen molar-refractivity contribution in [1.29, 1.82) is 0 Å². The molecule has 5 nitrogen and oxygen atoms in total. The van der Waals surface area contributed by atoms with Crippen LogP contribution in [0.5, 0.6) is 0 Å². The molecule has 118 valence electrons. The Hall–Kier alpha value is -2.15. The molecule has 2 aromatic carbocycles. The van der Waals surface area contributed by atoms with E-state index in [0.717, 1.165) is 5.56 Å². The molecule has 0 aliphatic heterocycles. The number of benzene rings is 2. The van der Waals surface area contributed by atoms with Crippen molar-refractivity contribution in [2.45, 2.75) is 11.8 Å². The molecule has 0 unspecified atom stereocenters. The number of oxazole rings is 1. The van der Waals surface area contributed by atoms with Crippen LogP contribution in [0.4, 0.5) is 0 Å². The first-order valence-electron chi connectivity index (χ1n) is 6.72. The summed E-state index contributed by atoms with van der Waals surface area (Å²) < 4.78 is 29.3. The maximum atomic E-state index is 11.8. The molecule has 7 heteroatoms. The quantitative estimate of drug-likeness (QED) is 0.783. The van der Waals surface area contributed by atoms with Crippen molar-refractivity contribution in [2.24, 2.45) is 5.14 Å².